The summed E-state index contributed by atoms with van der Waals surface area (Å²) in [5.74, 6) is -4.53. The first-order valence-electron chi connectivity index (χ1n) is 5.76. The lowest BCUT2D eigenvalue weighted by Crippen LogP contribution is -2.43. The molecule has 0 radical (unpaired) electrons. The van der Waals surface area contributed by atoms with E-state index in [0.717, 1.165) is 31.5 Å². The van der Waals surface area contributed by atoms with Crippen molar-refractivity contribution in [3.8, 4) is 0 Å². The lowest BCUT2D eigenvalue weighted by molar-refractivity contribution is -0.118. The van der Waals surface area contributed by atoms with Crippen molar-refractivity contribution < 1.29 is 18.0 Å². The van der Waals surface area contributed by atoms with Crippen molar-refractivity contribution in [3.63, 3.8) is 0 Å². The van der Waals surface area contributed by atoms with Gasteiger partial charge in [0.1, 0.15) is 0 Å². The van der Waals surface area contributed by atoms with Crippen LogP contribution in [0.15, 0.2) is 12.1 Å². The van der Waals surface area contributed by atoms with Crippen molar-refractivity contribution in [1.82, 2.24) is 5.32 Å². The molecular formula is C12H14ClF3N2O. The average molecular weight is 295 g/mol. The number of hydrogen-bond donors (Lipinski definition) is 2. The lowest BCUT2D eigenvalue weighted by atomic mass is 10.0. The molecule has 1 heterocycles. The average Bonchev–Trinajstić information content (AvgIpc) is 2.37. The minimum Gasteiger partial charge on any atom is -0.325 e. The molecule has 1 aliphatic heterocycles. The van der Waals surface area contributed by atoms with Crippen LogP contribution in [-0.2, 0) is 4.79 Å². The Hall–Kier alpha value is -1.27. The Balaban J connectivity index is 0.00000180. The second kappa shape index (κ2) is 6.77. The van der Waals surface area contributed by atoms with E-state index in [2.05, 4.69) is 10.6 Å². The number of anilines is 1. The summed E-state index contributed by atoms with van der Waals surface area (Å²) in [5.41, 5.74) is -0.0798. The molecule has 0 unspecified atom stereocenters. The van der Waals surface area contributed by atoms with E-state index in [0.29, 0.717) is 6.42 Å². The molecule has 0 spiro atoms. The van der Waals surface area contributed by atoms with Gasteiger partial charge in [0.2, 0.25) is 5.91 Å². The Morgan fingerprint density at radius 1 is 1.21 bits per heavy atom. The molecule has 2 N–H and O–H groups in total. The Morgan fingerprint density at radius 3 is 2.37 bits per heavy atom. The van der Waals surface area contributed by atoms with E-state index in [9.17, 15) is 18.0 Å². The molecule has 1 saturated heterocycles. The van der Waals surface area contributed by atoms with Crippen LogP contribution in [0.3, 0.4) is 0 Å². The molecule has 0 aromatic heterocycles. The molecule has 1 aromatic carbocycles. The van der Waals surface area contributed by atoms with Crippen molar-refractivity contribution >= 4 is 24.0 Å². The molecule has 106 valence electrons. The number of halogens is 4. The second-order valence-electron chi connectivity index (χ2n) is 4.25. The van der Waals surface area contributed by atoms with E-state index in [1.54, 1.807) is 0 Å². The third-order valence-corrected chi connectivity index (χ3v) is 2.88. The topological polar surface area (TPSA) is 41.1 Å². The fourth-order valence-corrected chi connectivity index (χ4v) is 1.93. The predicted octanol–water partition coefficient (Wildman–Crippen LogP) is 2.61. The van der Waals surface area contributed by atoms with Crippen LogP contribution in [-0.4, -0.2) is 18.5 Å². The molecule has 3 nitrogen and oxygen atoms in total. The number of carbonyl (C=O) groups excluding carboxylic acids is 1. The zero-order chi connectivity index (χ0) is 13.1. The highest BCUT2D eigenvalue weighted by molar-refractivity contribution is 5.94. The summed E-state index contributed by atoms with van der Waals surface area (Å²) < 4.78 is 38.6. The van der Waals surface area contributed by atoms with Crippen LogP contribution in [0, 0.1) is 17.5 Å². The largest absolute Gasteiger partial charge is 0.325 e. The monoisotopic (exact) mass is 294 g/mol. The first kappa shape index (κ1) is 15.8. The molecule has 0 saturated carbocycles. The number of carbonyl (C=O) groups is 1. The molecule has 1 fully saturated rings. The molecule has 0 bridgehead atoms. The number of piperidine rings is 1. The summed E-state index contributed by atoms with van der Waals surface area (Å²) in [7, 11) is 0. The SMILES string of the molecule is Cl.O=C(Nc1cc(F)c(F)c(F)c1)[C@H]1CCCCN1. The summed E-state index contributed by atoms with van der Waals surface area (Å²) in [6, 6.07) is 1.16. The normalized spacial score (nSPS) is 18.6. The first-order valence-corrected chi connectivity index (χ1v) is 5.76. The van der Waals surface area contributed by atoms with Crippen LogP contribution in [0.25, 0.3) is 0 Å². The fraction of sp³-hybridized carbons (Fsp3) is 0.417. The first-order chi connectivity index (χ1) is 8.58. The molecule has 1 amide bonds. The minimum absolute atomic E-state index is 0. The van der Waals surface area contributed by atoms with Gasteiger partial charge in [0.25, 0.3) is 0 Å². The van der Waals surface area contributed by atoms with Crippen molar-refractivity contribution in [2.24, 2.45) is 0 Å². The van der Waals surface area contributed by atoms with Crippen LogP contribution in [0.1, 0.15) is 19.3 Å². The van der Waals surface area contributed by atoms with Gasteiger partial charge >= 0.3 is 0 Å². The van der Waals surface area contributed by atoms with Gasteiger partial charge < -0.3 is 10.6 Å². The van der Waals surface area contributed by atoms with Crippen molar-refractivity contribution in [3.05, 3.63) is 29.6 Å². The fourth-order valence-electron chi connectivity index (χ4n) is 1.93. The van der Waals surface area contributed by atoms with Gasteiger partial charge in [0.05, 0.1) is 6.04 Å². The van der Waals surface area contributed by atoms with E-state index in [-0.39, 0.29) is 30.0 Å². The number of rotatable bonds is 2. The number of nitrogens with one attached hydrogen (secondary N) is 2. The predicted molar refractivity (Wildman–Crippen MR) is 67.8 cm³/mol. The molecule has 1 atom stereocenters. The maximum Gasteiger partial charge on any atom is 0.241 e. The van der Waals surface area contributed by atoms with Crippen LogP contribution in [0.4, 0.5) is 18.9 Å². The Morgan fingerprint density at radius 2 is 1.84 bits per heavy atom. The molecule has 1 aliphatic rings. The second-order valence-corrected chi connectivity index (χ2v) is 4.25. The maximum absolute atomic E-state index is 13.0. The van der Waals surface area contributed by atoms with Crippen molar-refractivity contribution in [1.29, 1.82) is 0 Å². The Labute approximate surface area is 115 Å². The van der Waals surface area contributed by atoms with Crippen molar-refractivity contribution in [2.45, 2.75) is 25.3 Å². The van der Waals surface area contributed by atoms with Crippen LogP contribution in [0.2, 0.25) is 0 Å². The van der Waals surface area contributed by atoms with Gasteiger partial charge in [0.15, 0.2) is 17.5 Å². The van der Waals surface area contributed by atoms with Gasteiger partial charge in [-0.05, 0) is 19.4 Å². The van der Waals surface area contributed by atoms with Crippen molar-refractivity contribution in [2.75, 3.05) is 11.9 Å². The summed E-state index contributed by atoms with van der Waals surface area (Å²) in [6.07, 6.45) is 2.61. The van der Waals surface area contributed by atoms with Gasteiger partial charge in [-0.2, -0.15) is 0 Å². The molecule has 2 rings (SSSR count). The highest BCUT2D eigenvalue weighted by Gasteiger charge is 2.21. The van der Waals surface area contributed by atoms with E-state index >= 15 is 0 Å². The quantitative estimate of drug-likeness (QED) is 0.823. The smallest absolute Gasteiger partial charge is 0.241 e. The number of hydrogen-bond acceptors (Lipinski definition) is 2. The standard InChI is InChI=1S/C12H13F3N2O.ClH/c13-8-5-7(6-9(14)11(8)15)17-12(18)10-3-1-2-4-16-10;/h5-6,10,16H,1-4H2,(H,17,18);1H/t10-;/m1./s1. The van der Waals surface area contributed by atoms with E-state index in [1.807, 2.05) is 0 Å². The van der Waals surface area contributed by atoms with Gasteiger partial charge in [-0.1, -0.05) is 6.42 Å². The molecular weight excluding hydrogens is 281 g/mol. The van der Waals surface area contributed by atoms with Gasteiger partial charge in [-0.25, -0.2) is 13.2 Å². The van der Waals surface area contributed by atoms with Gasteiger partial charge in [-0.3, -0.25) is 4.79 Å². The summed E-state index contributed by atoms with van der Waals surface area (Å²) in [6.45, 7) is 0.740. The third kappa shape index (κ3) is 3.84. The summed E-state index contributed by atoms with van der Waals surface area (Å²) in [4.78, 5) is 11.8. The van der Waals surface area contributed by atoms with E-state index in [1.165, 1.54) is 0 Å². The number of benzene rings is 1. The molecule has 19 heavy (non-hydrogen) atoms. The van der Waals surface area contributed by atoms with Crippen LogP contribution < -0.4 is 10.6 Å². The van der Waals surface area contributed by atoms with E-state index < -0.39 is 17.5 Å². The highest BCUT2D eigenvalue weighted by Crippen LogP contribution is 2.18. The van der Waals surface area contributed by atoms with E-state index in [4.69, 9.17) is 0 Å². The summed E-state index contributed by atoms with van der Waals surface area (Å²) in [5, 5.41) is 5.38. The van der Waals surface area contributed by atoms with Gasteiger partial charge in [0, 0.05) is 17.8 Å². The van der Waals surface area contributed by atoms with Crippen LogP contribution >= 0.6 is 12.4 Å². The number of amides is 1. The molecule has 7 heteroatoms. The minimum atomic E-state index is -1.54. The third-order valence-electron chi connectivity index (χ3n) is 2.88. The molecule has 1 aromatic rings. The Kier molecular flexibility index (Phi) is 5.62. The van der Waals surface area contributed by atoms with Gasteiger partial charge in [-0.15, -0.1) is 12.4 Å². The Bertz CT molecular complexity index is 441. The van der Waals surface area contributed by atoms with Crippen LogP contribution in [0.5, 0.6) is 0 Å². The summed E-state index contributed by atoms with van der Waals surface area (Å²) >= 11 is 0. The maximum atomic E-state index is 13.0. The zero-order valence-electron chi connectivity index (χ0n) is 10.0. The zero-order valence-corrected chi connectivity index (χ0v) is 10.8. The highest BCUT2D eigenvalue weighted by atomic mass is 35.5. The molecule has 0 aliphatic carbocycles. The lowest BCUT2D eigenvalue weighted by Gasteiger charge is -2.22.